The van der Waals surface area contributed by atoms with Crippen molar-refractivity contribution < 1.29 is 15.6 Å². The van der Waals surface area contributed by atoms with Crippen LogP contribution in [0.2, 0.25) is 0 Å². The summed E-state index contributed by atoms with van der Waals surface area (Å²) >= 11 is 0. The molecule has 3 N–H and O–H groups in total. The van der Waals surface area contributed by atoms with Crippen LogP contribution in [0.3, 0.4) is 0 Å². The minimum absolute atomic E-state index is 0.234. The van der Waals surface area contributed by atoms with Gasteiger partial charge in [0, 0.05) is 36.3 Å². The summed E-state index contributed by atoms with van der Waals surface area (Å²) in [7, 11) is 0. The molecule has 158 valence electrons. The highest BCUT2D eigenvalue weighted by atomic mass is 16.4. The Labute approximate surface area is 180 Å². The number of oxime groups is 3. The molecule has 0 unspecified atom stereocenters. The molecule has 0 amide bonds. The lowest BCUT2D eigenvalue weighted by molar-refractivity contribution is 0.302. The Hall–Kier alpha value is -3.97. The highest BCUT2D eigenvalue weighted by Crippen LogP contribution is 2.10. The van der Waals surface area contributed by atoms with E-state index in [1.807, 2.05) is 95.9 Å². The van der Waals surface area contributed by atoms with Gasteiger partial charge in [0.15, 0.2) is 0 Å². The minimum atomic E-state index is 0.234. The number of benzene rings is 3. The fraction of sp³-hybridized carbons (Fsp3) is 0.125. The second kappa shape index (κ2) is 11.3. The third kappa shape index (κ3) is 6.01. The number of hydrogen-bond acceptors (Lipinski definition) is 7. The first kappa shape index (κ1) is 21.7. The molecule has 0 saturated heterocycles. The van der Waals surface area contributed by atoms with E-state index in [0.29, 0.717) is 17.1 Å². The molecule has 0 spiro atoms. The molecule has 0 bridgehead atoms. The van der Waals surface area contributed by atoms with Crippen molar-refractivity contribution in [3.05, 3.63) is 108 Å². The summed E-state index contributed by atoms with van der Waals surface area (Å²) in [6.07, 6.45) is 0. The van der Waals surface area contributed by atoms with Crippen molar-refractivity contribution in [3.63, 3.8) is 0 Å². The zero-order valence-electron chi connectivity index (χ0n) is 16.9. The van der Waals surface area contributed by atoms with Crippen molar-refractivity contribution in [3.8, 4) is 0 Å². The smallest absolute Gasteiger partial charge is 0.101 e. The predicted octanol–water partition coefficient (Wildman–Crippen LogP) is 3.92. The fourth-order valence-electron chi connectivity index (χ4n) is 3.24. The maximum Gasteiger partial charge on any atom is 0.101 e. The normalized spacial score (nSPS) is 12.9. The first-order valence-electron chi connectivity index (χ1n) is 9.76. The minimum Gasteiger partial charge on any atom is -0.411 e. The molecule has 0 fully saturated rings. The Balaban J connectivity index is 1.89. The van der Waals surface area contributed by atoms with E-state index in [0.717, 1.165) is 16.7 Å². The lowest BCUT2D eigenvalue weighted by atomic mass is 10.1. The van der Waals surface area contributed by atoms with Gasteiger partial charge in [0.25, 0.3) is 0 Å². The first-order valence-corrected chi connectivity index (χ1v) is 9.76. The Morgan fingerprint density at radius 3 is 0.968 bits per heavy atom. The van der Waals surface area contributed by atoms with Gasteiger partial charge in [-0.15, -0.1) is 0 Å². The molecule has 0 aromatic heterocycles. The maximum atomic E-state index is 9.65. The summed E-state index contributed by atoms with van der Waals surface area (Å²) in [6.45, 7) is 0.703. The molecule has 7 heteroatoms. The standard InChI is InChI=1S/C24H24N4O3/c29-25-22(19-10-4-1-5-11-19)16-28(17-23(26-30)20-12-6-2-7-13-20)18-24(27-31)21-14-8-3-9-15-21/h1-15,29-31H,16-18H2/b25-22-,26-23-,27-24-. The summed E-state index contributed by atoms with van der Waals surface area (Å²) in [4.78, 5) is 1.88. The molecule has 0 aliphatic carbocycles. The monoisotopic (exact) mass is 416 g/mol. The van der Waals surface area contributed by atoms with Crippen LogP contribution >= 0.6 is 0 Å². The second-order valence-corrected chi connectivity index (χ2v) is 6.88. The van der Waals surface area contributed by atoms with Crippen LogP contribution in [0.15, 0.2) is 106 Å². The van der Waals surface area contributed by atoms with Crippen LogP contribution in [-0.4, -0.2) is 57.3 Å². The van der Waals surface area contributed by atoms with Gasteiger partial charge in [-0.3, -0.25) is 4.90 Å². The molecule has 0 heterocycles. The zero-order chi connectivity index (χ0) is 21.9. The number of nitrogens with zero attached hydrogens (tertiary/aromatic N) is 4. The average molecular weight is 416 g/mol. The molecule has 0 aliphatic heterocycles. The lowest BCUT2D eigenvalue weighted by Crippen LogP contribution is -2.39. The molecule has 31 heavy (non-hydrogen) atoms. The van der Waals surface area contributed by atoms with Gasteiger partial charge in [0.05, 0.1) is 0 Å². The fourth-order valence-corrected chi connectivity index (χ4v) is 3.24. The van der Waals surface area contributed by atoms with Gasteiger partial charge in [-0.2, -0.15) is 0 Å². The molecule has 3 rings (SSSR count). The summed E-state index contributed by atoms with van der Waals surface area (Å²) in [5.41, 5.74) is 3.61. The summed E-state index contributed by atoms with van der Waals surface area (Å²) in [5, 5.41) is 39.4. The molecule has 3 aromatic rings. The Morgan fingerprint density at radius 1 is 0.484 bits per heavy atom. The van der Waals surface area contributed by atoms with Crippen molar-refractivity contribution in [1.29, 1.82) is 0 Å². The van der Waals surface area contributed by atoms with Crippen molar-refractivity contribution in [2.45, 2.75) is 0 Å². The molecule has 7 nitrogen and oxygen atoms in total. The summed E-state index contributed by atoms with van der Waals surface area (Å²) in [6, 6.07) is 27.9. The van der Waals surface area contributed by atoms with Gasteiger partial charge in [-0.25, -0.2) is 0 Å². The van der Waals surface area contributed by atoms with E-state index in [2.05, 4.69) is 15.5 Å². The van der Waals surface area contributed by atoms with Crippen LogP contribution < -0.4 is 0 Å². The summed E-state index contributed by atoms with van der Waals surface area (Å²) < 4.78 is 0. The average Bonchev–Trinajstić information content (AvgIpc) is 2.85. The third-order valence-corrected chi connectivity index (χ3v) is 4.80. The van der Waals surface area contributed by atoms with Crippen molar-refractivity contribution in [2.75, 3.05) is 19.6 Å². The van der Waals surface area contributed by atoms with Gasteiger partial charge in [-0.1, -0.05) is 106 Å². The number of rotatable bonds is 9. The van der Waals surface area contributed by atoms with E-state index < -0.39 is 0 Å². The Morgan fingerprint density at radius 2 is 0.742 bits per heavy atom. The van der Waals surface area contributed by atoms with Crippen molar-refractivity contribution in [2.24, 2.45) is 15.5 Å². The molecule has 0 aliphatic rings. The Kier molecular flexibility index (Phi) is 7.90. The van der Waals surface area contributed by atoms with Gasteiger partial charge < -0.3 is 15.6 Å². The Bertz CT molecular complexity index is 899. The van der Waals surface area contributed by atoms with E-state index in [4.69, 9.17) is 0 Å². The molecule has 0 saturated carbocycles. The van der Waals surface area contributed by atoms with E-state index >= 15 is 0 Å². The van der Waals surface area contributed by atoms with E-state index in [1.165, 1.54) is 0 Å². The highest BCUT2D eigenvalue weighted by Gasteiger charge is 2.19. The van der Waals surface area contributed by atoms with Crippen LogP contribution in [0.4, 0.5) is 0 Å². The van der Waals surface area contributed by atoms with Crippen LogP contribution in [0.25, 0.3) is 0 Å². The molecular formula is C24H24N4O3. The largest absolute Gasteiger partial charge is 0.411 e. The van der Waals surface area contributed by atoms with Crippen LogP contribution in [0.1, 0.15) is 16.7 Å². The molecule has 3 aromatic carbocycles. The van der Waals surface area contributed by atoms with E-state index in [1.54, 1.807) is 0 Å². The maximum absolute atomic E-state index is 9.65. The van der Waals surface area contributed by atoms with E-state index in [9.17, 15) is 15.6 Å². The van der Waals surface area contributed by atoms with Gasteiger partial charge in [0.2, 0.25) is 0 Å². The highest BCUT2D eigenvalue weighted by molar-refractivity contribution is 6.06. The van der Waals surface area contributed by atoms with Crippen molar-refractivity contribution >= 4 is 17.1 Å². The SMILES string of the molecule is O/N=C(/CN(C/C(=N/O)c1ccccc1)C/C(=N/O)c1ccccc1)c1ccccc1. The van der Waals surface area contributed by atoms with Crippen LogP contribution in [0.5, 0.6) is 0 Å². The van der Waals surface area contributed by atoms with Gasteiger partial charge >= 0.3 is 0 Å². The molecule has 0 atom stereocenters. The molecular weight excluding hydrogens is 392 g/mol. The van der Waals surface area contributed by atoms with Crippen molar-refractivity contribution in [1.82, 2.24) is 4.90 Å². The van der Waals surface area contributed by atoms with Crippen LogP contribution in [-0.2, 0) is 0 Å². The number of hydrogen-bond donors (Lipinski definition) is 3. The second-order valence-electron chi connectivity index (χ2n) is 6.88. The zero-order valence-corrected chi connectivity index (χ0v) is 16.9. The quantitative estimate of drug-likeness (QED) is 0.279. The van der Waals surface area contributed by atoms with Crippen LogP contribution in [0, 0.1) is 0 Å². The predicted molar refractivity (Wildman–Crippen MR) is 121 cm³/mol. The third-order valence-electron chi connectivity index (χ3n) is 4.80. The van der Waals surface area contributed by atoms with E-state index in [-0.39, 0.29) is 19.6 Å². The lowest BCUT2D eigenvalue weighted by Gasteiger charge is -2.23. The summed E-state index contributed by atoms with van der Waals surface area (Å²) in [5.74, 6) is 0. The topological polar surface area (TPSA) is 101 Å². The first-order chi connectivity index (χ1) is 15.2. The van der Waals surface area contributed by atoms with Gasteiger partial charge in [-0.05, 0) is 0 Å². The molecule has 0 radical (unpaired) electrons. The van der Waals surface area contributed by atoms with Gasteiger partial charge in [0.1, 0.15) is 17.1 Å².